The molecule has 28 heavy (non-hydrogen) atoms. The Morgan fingerprint density at radius 2 is 1.89 bits per heavy atom. The number of benzene rings is 1. The van der Waals surface area contributed by atoms with Crippen LogP contribution in [-0.2, 0) is 6.54 Å². The summed E-state index contributed by atoms with van der Waals surface area (Å²) in [7, 11) is 5.10. The minimum atomic E-state index is 0.347. The van der Waals surface area contributed by atoms with Crippen molar-refractivity contribution in [3.63, 3.8) is 0 Å². The van der Waals surface area contributed by atoms with Crippen LogP contribution in [0.25, 0.3) is 0 Å². The number of aryl methyl sites for hydroxylation is 1. The average Bonchev–Trinajstić information content (AvgIpc) is 3.16. The van der Waals surface area contributed by atoms with Crippen LogP contribution in [0.5, 0.6) is 11.5 Å². The van der Waals surface area contributed by atoms with Gasteiger partial charge in [0.2, 0.25) is 5.89 Å². The molecule has 152 valence electrons. The first-order chi connectivity index (χ1) is 13.6. The van der Waals surface area contributed by atoms with Crippen LogP contribution in [0.2, 0.25) is 0 Å². The molecule has 0 aliphatic carbocycles. The summed E-state index contributed by atoms with van der Waals surface area (Å²) in [5.74, 6) is 3.51. The third kappa shape index (κ3) is 5.05. The van der Waals surface area contributed by atoms with Crippen LogP contribution in [0.15, 0.2) is 27.7 Å². The van der Waals surface area contributed by atoms with Crippen molar-refractivity contribution in [1.29, 1.82) is 0 Å². The monoisotopic (exact) mass is 388 g/mol. The number of piperidine rings is 1. The number of aliphatic imine (C=N–C) groups is 1. The molecule has 0 atom stereocenters. The summed E-state index contributed by atoms with van der Waals surface area (Å²) in [5.41, 5.74) is 1.11. The first-order valence-electron chi connectivity index (χ1n) is 9.35. The normalized spacial score (nSPS) is 15.4. The van der Waals surface area contributed by atoms with Gasteiger partial charge in [0.1, 0.15) is 11.5 Å². The average molecular weight is 388 g/mol. The molecule has 1 saturated heterocycles. The molecular weight excluding hydrogens is 360 g/mol. The largest absolute Gasteiger partial charge is 0.497 e. The second-order valence-corrected chi connectivity index (χ2v) is 6.64. The van der Waals surface area contributed by atoms with Gasteiger partial charge in [-0.1, -0.05) is 5.16 Å². The molecule has 1 fully saturated rings. The van der Waals surface area contributed by atoms with Crippen LogP contribution in [0.3, 0.4) is 0 Å². The number of methoxy groups -OCH3 is 2. The summed E-state index contributed by atoms with van der Waals surface area (Å²) in [4.78, 5) is 10.8. The van der Waals surface area contributed by atoms with E-state index in [0.717, 1.165) is 49.1 Å². The Balaban J connectivity index is 1.52. The lowest BCUT2D eigenvalue weighted by atomic mass is 10.0. The van der Waals surface area contributed by atoms with E-state index in [9.17, 15) is 0 Å². The maximum atomic E-state index is 5.38. The number of nitrogens with one attached hydrogen (secondary N) is 2. The van der Waals surface area contributed by atoms with Gasteiger partial charge in [0, 0.05) is 50.1 Å². The van der Waals surface area contributed by atoms with Crippen molar-refractivity contribution in [2.24, 2.45) is 4.99 Å². The fourth-order valence-electron chi connectivity index (χ4n) is 3.22. The Kier molecular flexibility index (Phi) is 6.57. The number of anilines is 1. The Morgan fingerprint density at radius 3 is 2.43 bits per heavy atom. The van der Waals surface area contributed by atoms with E-state index in [2.05, 4.69) is 30.7 Å². The van der Waals surface area contributed by atoms with Crippen molar-refractivity contribution in [2.75, 3.05) is 39.3 Å². The number of rotatable bonds is 6. The Morgan fingerprint density at radius 1 is 1.21 bits per heavy atom. The van der Waals surface area contributed by atoms with Crippen LogP contribution < -0.4 is 25.0 Å². The molecule has 3 rings (SSSR count). The minimum Gasteiger partial charge on any atom is -0.497 e. The van der Waals surface area contributed by atoms with E-state index in [-0.39, 0.29) is 0 Å². The van der Waals surface area contributed by atoms with Gasteiger partial charge in [0.15, 0.2) is 11.8 Å². The summed E-state index contributed by atoms with van der Waals surface area (Å²) in [6.45, 7) is 4.12. The quantitative estimate of drug-likeness (QED) is 0.570. The molecule has 0 spiro atoms. The molecular formula is C19H28N6O3. The number of aromatic nitrogens is 2. The van der Waals surface area contributed by atoms with Crippen LogP contribution in [0.1, 0.15) is 24.6 Å². The van der Waals surface area contributed by atoms with Gasteiger partial charge in [0.05, 0.1) is 20.8 Å². The lowest BCUT2D eigenvalue weighted by Gasteiger charge is -2.34. The highest BCUT2D eigenvalue weighted by Gasteiger charge is 2.21. The Labute approximate surface area is 165 Å². The third-order valence-electron chi connectivity index (χ3n) is 4.74. The molecule has 2 aromatic rings. The second kappa shape index (κ2) is 9.29. The molecule has 0 amide bonds. The highest BCUT2D eigenvalue weighted by molar-refractivity contribution is 5.79. The van der Waals surface area contributed by atoms with E-state index >= 15 is 0 Å². The van der Waals surface area contributed by atoms with Crippen molar-refractivity contribution >= 4 is 11.6 Å². The Bertz CT molecular complexity index is 776. The zero-order valence-corrected chi connectivity index (χ0v) is 16.9. The van der Waals surface area contributed by atoms with E-state index in [1.165, 1.54) is 0 Å². The van der Waals surface area contributed by atoms with E-state index in [4.69, 9.17) is 14.0 Å². The van der Waals surface area contributed by atoms with Gasteiger partial charge in [-0.15, -0.1) is 0 Å². The molecule has 1 aliphatic heterocycles. The summed E-state index contributed by atoms with van der Waals surface area (Å²) >= 11 is 0. The molecule has 9 heteroatoms. The molecule has 0 unspecified atom stereocenters. The minimum absolute atomic E-state index is 0.347. The summed E-state index contributed by atoms with van der Waals surface area (Å²) in [6, 6.07) is 6.32. The molecule has 0 saturated carbocycles. The number of hydrogen-bond donors (Lipinski definition) is 2. The van der Waals surface area contributed by atoms with Crippen molar-refractivity contribution < 1.29 is 14.0 Å². The third-order valence-corrected chi connectivity index (χ3v) is 4.74. The van der Waals surface area contributed by atoms with E-state index in [1.807, 2.05) is 18.2 Å². The molecule has 1 aliphatic rings. The maximum absolute atomic E-state index is 5.38. The molecule has 1 aromatic carbocycles. The smallest absolute Gasteiger partial charge is 0.246 e. The summed E-state index contributed by atoms with van der Waals surface area (Å²) < 4.78 is 15.9. The van der Waals surface area contributed by atoms with E-state index in [1.54, 1.807) is 28.2 Å². The van der Waals surface area contributed by atoms with Gasteiger partial charge in [-0.3, -0.25) is 4.99 Å². The van der Waals surface area contributed by atoms with Crippen molar-refractivity contribution in [3.05, 3.63) is 29.9 Å². The fourth-order valence-corrected chi connectivity index (χ4v) is 3.22. The number of guanidine groups is 1. The molecule has 0 bridgehead atoms. The zero-order chi connectivity index (χ0) is 19.9. The Hall–Kier alpha value is -2.97. The maximum Gasteiger partial charge on any atom is 0.246 e. The van der Waals surface area contributed by atoms with E-state index in [0.29, 0.717) is 24.3 Å². The standard InChI is InChI=1S/C19H28N6O3/c1-13-22-18(28-24-13)12-21-19(20-2)23-14-5-7-25(8-6-14)15-9-16(26-3)11-17(10-15)27-4/h9-11,14H,5-8,12H2,1-4H3,(H2,20,21,23). The van der Waals surface area contributed by atoms with Gasteiger partial charge >= 0.3 is 0 Å². The molecule has 0 radical (unpaired) electrons. The summed E-state index contributed by atoms with van der Waals surface area (Å²) in [6.07, 6.45) is 2.00. The molecule has 2 heterocycles. The lowest BCUT2D eigenvalue weighted by Crippen LogP contribution is -2.48. The molecule has 2 N–H and O–H groups in total. The first-order valence-corrected chi connectivity index (χ1v) is 9.35. The van der Waals surface area contributed by atoms with Crippen LogP contribution in [0.4, 0.5) is 5.69 Å². The highest BCUT2D eigenvalue weighted by Crippen LogP contribution is 2.30. The topological polar surface area (TPSA) is 97.0 Å². The lowest BCUT2D eigenvalue weighted by molar-refractivity contribution is 0.370. The first kappa shape index (κ1) is 19.8. The highest BCUT2D eigenvalue weighted by atomic mass is 16.5. The van der Waals surface area contributed by atoms with E-state index < -0.39 is 0 Å². The van der Waals surface area contributed by atoms with Crippen molar-refractivity contribution in [2.45, 2.75) is 32.4 Å². The molecule has 9 nitrogen and oxygen atoms in total. The van der Waals surface area contributed by atoms with Crippen LogP contribution >= 0.6 is 0 Å². The van der Waals surface area contributed by atoms with Crippen molar-refractivity contribution in [3.8, 4) is 11.5 Å². The fraction of sp³-hybridized carbons (Fsp3) is 0.526. The number of ether oxygens (including phenoxy) is 2. The van der Waals surface area contributed by atoms with Crippen LogP contribution in [-0.4, -0.2) is 56.5 Å². The van der Waals surface area contributed by atoms with Crippen LogP contribution in [0, 0.1) is 6.92 Å². The predicted molar refractivity (Wildman–Crippen MR) is 107 cm³/mol. The van der Waals surface area contributed by atoms with Crippen molar-refractivity contribution in [1.82, 2.24) is 20.8 Å². The predicted octanol–water partition coefficient (Wildman–Crippen LogP) is 1.73. The second-order valence-electron chi connectivity index (χ2n) is 6.64. The van der Waals surface area contributed by atoms with Gasteiger partial charge in [-0.2, -0.15) is 4.98 Å². The molecule has 1 aromatic heterocycles. The van der Waals surface area contributed by atoms with Gasteiger partial charge in [0.25, 0.3) is 0 Å². The van der Waals surface area contributed by atoms with Gasteiger partial charge in [-0.25, -0.2) is 0 Å². The number of hydrogen-bond acceptors (Lipinski definition) is 7. The summed E-state index contributed by atoms with van der Waals surface area (Å²) in [5, 5.41) is 10.5. The number of nitrogens with zero attached hydrogens (tertiary/aromatic N) is 4. The SMILES string of the molecule is CN=C(NCc1nc(C)no1)NC1CCN(c2cc(OC)cc(OC)c2)CC1. The van der Waals surface area contributed by atoms with Gasteiger partial charge < -0.3 is 29.5 Å². The zero-order valence-electron chi connectivity index (χ0n) is 16.9. The van der Waals surface area contributed by atoms with Gasteiger partial charge in [-0.05, 0) is 19.8 Å².